The number of carbonyl (C=O) groups excluding carboxylic acids is 1. The third-order valence-electron chi connectivity index (χ3n) is 2.88. The number of phenolic OH excluding ortho intramolecular Hbond substituents is 1. The summed E-state index contributed by atoms with van der Waals surface area (Å²) in [6, 6.07) is 12.8. The second-order valence-electron chi connectivity index (χ2n) is 4.43. The Hall–Kier alpha value is -2.20. The van der Waals surface area contributed by atoms with Crippen LogP contribution in [0.5, 0.6) is 5.75 Å². The molecule has 0 bridgehead atoms. The quantitative estimate of drug-likeness (QED) is 0.826. The van der Waals surface area contributed by atoms with Crippen LogP contribution in [0.3, 0.4) is 0 Å². The average molecular weight is 306 g/mol. The van der Waals surface area contributed by atoms with E-state index in [1.807, 2.05) is 6.07 Å². The van der Waals surface area contributed by atoms with E-state index in [2.05, 4.69) is 5.32 Å². The molecule has 0 aliphatic carbocycles. The van der Waals surface area contributed by atoms with E-state index < -0.39 is 6.04 Å². The maximum atomic E-state index is 12.1. The molecule has 0 amide bonds. The zero-order chi connectivity index (χ0) is 15.2. The number of carbonyl (C=O) groups is 1. The van der Waals surface area contributed by atoms with Crippen LogP contribution in [0.2, 0.25) is 5.02 Å². The van der Waals surface area contributed by atoms with Crippen molar-refractivity contribution in [1.82, 2.24) is 0 Å². The predicted molar refractivity (Wildman–Crippen MR) is 82.6 cm³/mol. The van der Waals surface area contributed by atoms with Crippen molar-refractivity contribution in [2.24, 2.45) is 0 Å². The molecule has 0 aromatic heterocycles. The summed E-state index contributed by atoms with van der Waals surface area (Å²) in [5.74, 6) is -0.243. The second kappa shape index (κ2) is 6.99. The molecule has 1 unspecified atom stereocenters. The van der Waals surface area contributed by atoms with Crippen LogP contribution in [0.1, 0.15) is 18.5 Å². The van der Waals surface area contributed by atoms with E-state index >= 15 is 0 Å². The molecule has 5 heteroatoms. The van der Waals surface area contributed by atoms with Gasteiger partial charge in [-0.25, -0.2) is 4.79 Å². The Balaban J connectivity index is 2.27. The van der Waals surface area contributed by atoms with Gasteiger partial charge in [0, 0.05) is 10.7 Å². The van der Waals surface area contributed by atoms with E-state index in [1.54, 1.807) is 37.3 Å². The minimum absolute atomic E-state index is 0.143. The number of benzene rings is 2. The van der Waals surface area contributed by atoms with Crippen LogP contribution in [0.4, 0.5) is 5.69 Å². The summed E-state index contributed by atoms with van der Waals surface area (Å²) in [5.41, 5.74) is 1.42. The zero-order valence-corrected chi connectivity index (χ0v) is 12.3. The smallest absolute Gasteiger partial charge is 0.333 e. The van der Waals surface area contributed by atoms with Crippen LogP contribution in [-0.2, 0) is 9.53 Å². The van der Waals surface area contributed by atoms with Gasteiger partial charge in [-0.2, -0.15) is 0 Å². The van der Waals surface area contributed by atoms with E-state index in [0.29, 0.717) is 22.9 Å². The highest BCUT2D eigenvalue weighted by atomic mass is 35.5. The van der Waals surface area contributed by atoms with Gasteiger partial charge >= 0.3 is 5.97 Å². The van der Waals surface area contributed by atoms with Gasteiger partial charge in [0.2, 0.25) is 0 Å². The SMILES string of the molecule is CCOC(=O)C(Nc1cccc(Cl)c1)c1ccc(O)cc1. The summed E-state index contributed by atoms with van der Waals surface area (Å²) < 4.78 is 5.09. The molecule has 0 fully saturated rings. The maximum absolute atomic E-state index is 12.1. The number of rotatable bonds is 5. The Kier molecular flexibility index (Phi) is 5.06. The number of hydrogen-bond donors (Lipinski definition) is 2. The number of halogens is 1. The third-order valence-corrected chi connectivity index (χ3v) is 3.12. The van der Waals surface area contributed by atoms with Crippen molar-refractivity contribution in [2.75, 3.05) is 11.9 Å². The summed E-state index contributed by atoms with van der Waals surface area (Å²) in [4.78, 5) is 12.1. The molecule has 21 heavy (non-hydrogen) atoms. The van der Waals surface area contributed by atoms with E-state index in [4.69, 9.17) is 16.3 Å². The Morgan fingerprint density at radius 3 is 2.62 bits per heavy atom. The zero-order valence-electron chi connectivity index (χ0n) is 11.5. The molecule has 2 rings (SSSR count). The van der Waals surface area contributed by atoms with Crippen LogP contribution in [0, 0.1) is 0 Å². The predicted octanol–water partition coefficient (Wildman–Crippen LogP) is 3.76. The van der Waals surface area contributed by atoms with Gasteiger partial charge in [-0.3, -0.25) is 0 Å². The lowest BCUT2D eigenvalue weighted by Gasteiger charge is -2.19. The molecule has 0 saturated heterocycles. The lowest BCUT2D eigenvalue weighted by Crippen LogP contribution is -2.23. The van der Waals surface area contributed by atoms with Gasteiger partial charge in [-0.15, -0.1) is 0 Å². The molecule has 0 aliphatic rings. The van der Waals surface area contributed by atoms with Crippen LogP contribution in [-0.4, -0.2) is 17.7 Å². The highest BCUT2D eigenvalue weighted by Gasteiger charge is 2.22. The number of hydrogen-bond acceptors (Lipinski definition) is 4. The summed E-state index contributed by atoms with van der Waals surface area (Å²) in [6.07, 6.45) is 0. The Labute approximate surface area is 128 Å². The van der Waals surface area contributed by atoms with Crippen LogP contribution in [0.25, 0.3) is 0 Å². The van der Waals surface area contributed by atoms with Gasteiger partial charge in [-0.1, -0.05) is 29.8 Å². The number of anilines is 1. The summed E-state index contributed by atoms with van der Waals surface area (Å²) >= 11 is 5.95. The molecular formula is C16H16ClNO3. The Bertz CT molecular complexity index is 613. The fraction of sp³-hybridized carbons (Fsp3) is 0.188. The summed E-state index contributed by atoms with van der Waals surface area (Å²) in [6.45, 7) is 2.05. The topological polar surface area (TPSA) is 58.6 Å². The number of nitrogens with one attached hydrogen (secondary N) is 1. The van der Waals surface area contributed by atoms with Gasteiger partial charge in [0.25, 0.3) is 0 Å². The van der Waals surface area contributed by atoms with Crippen molar-refractivity contribution in [2.45, 2.75) is 13.0 Å². The number of esters is 1. The highest BCUT2D eigenvalue weighted by molar-refractivity contribution is 6.30. The third kappa shape index (κ3) is 4.13. The van der Waals surface area contributed by atoms with Gasteiger partial charge in [0.1, 0.15) is 5.75 Å². The normalized spacial score (nSPS) is 11.7. The first-order valence-electron chi connectivity index (χ1n) is 6.58. The van der Waals surface area contributed by atoms with E-state index in [1.165, 1.54) is 12.1 Å². The van der Waals surface area contributed by atoms with Gasteiger partial charge in [-0.05, 0) is 42.8 Å². The Morgan fingerprint density at radius 1 is 1.29 bits per heavy atom. The average Bonchev–Trinajstić information content (AvgIpc) is 2.46. The molecule has 2 aromatic rings. The first kappa shape index (κ1) is 15.2. The van der Waals surface area contributed by atoms with Crippen LogP contribution in [0.15, 0.2) is 48.5 Å². The molecule has 0 aliphatic heterocycles. The van der Waals surface area contributed by atoms with Crippen LogP contribution >= 0.6 is 11.6 Å². The minimum Gasteiger partial charge on any atom is -0.508 e. The van der Waals surface area contributed by atoms with Crippen molar-refractivity contribution in [3.05, 3.63) is 59.1 Å². The maximum Gasteiger partial charge on any atom is 0.333 e. The minimum atomic E-state index is -0.663. The highest BCUT2D eigenvalue weighted by Crippen LogP contribution is 2.24. The lowest BCUT2D eigenvalue weighted by atomic mass is 10.1. The van der Waals surface area contributed by atoms with Crippen molar-refractivity contribution in [3.63, 3.8) is 0 Å². The van der Waals surface area contributed by atoms with Crippen molar-refractivity contribution < 1.29 is 14.6 Å². The van der Waals surface area contributed by atoms with Gasteiger partial charge in [0.15, 0.2) is 6.04 Å². The van der Waals surface area contributed by atoms with E-state index in [9.17, 15) is 9.90 Å². The van der Waals surface area contributed by atoms with Gasteiger partial charge in [0.05, 0.1) is 6.61 Å². The molecule has 0 radical (unpaired) electrons. The van der Waals surface area contributed by atoms with E-state index in [-0.39, 0.29) is 11.7 Å². The summed E-state index contributed by atoms with van der Waals surface area (Å²) in [7, 11) is 0. The molecule has 0 heterocycles. The first-order chi connectivity index (χ1) is 10.1. The molecule has 0 saturated carbocycles. The molecule has 1 atom stereocenters. The molecule has 0 spiro atoms. The van der Waals surface area contributed by atoms with Crippen molar-refractivity contribution in [3.8, 4) is 5.75 Å². The number of aromatic hydroxyl groups is 1. The molecule has 2 N–H and O–H groups in total. The second-order valence-corrected chi connectivity index (χ2v) is 4.87. The molecule has 4 nitrogen and oxygen atoms in total. The fourth-order valence-corrected chi connectivity index (χ4v) is 2.11. The number of ether oxygens (including phenoxy) is 1. The first-order valence-corrected chi connectivity index (χ1v) is 6.95. The molecule has 110 valence electrons. The monoisotopic (exact) mass is 305 g/mol. The van der Waals surface area contributed by atoms with Gasteiger partial charge < -0.3 is 15.2 Å². The van der Waals surface area contributed by atoms with Crippen molar-refractivity contribution >= 4 is 23.3 Å². The van der Waals surface area contributed by atoms with Crippen LogP contribution < -0.4 is 5.32 Å². The summed E-state index contributed by atoms with van der Waals surface area (Å²) in [5, 5.41) is 13.0. The Morgan fingerprint density at radius 2 is 2.00 bits per heavy atom. The molecular weight excluding hydrogens is 290 g/mol. The van der Waals surface area contributed by atoms with Crippen molar-refractivity contribution in [1.29, 1.82) is 0 Å². The van der Waals surface area contributed by atoms with E-state index in [0.717, 1.165) is 0 Å². The standard InChI is InChI=1S/C16H16ClNO3/c1-2-21-16(20)15(11-6-8-14(19)9-7-11)18-13-5-3-4-12(17)10-13/h3-10,15,18-19H,2H2,1H3. The lowest BCUT2D eigenvalue weighted by molar-refractivity contribution is -0.144. The largest absolute Gasteiger partial charge is 0.508 e. The molecule has 2 aromatic carbocycles. The number of phenols is 1. The fourth-order valence-electron chi connectivity index (χ4n) is 1.92.